The van der Waals surface area contributed by atoms with E-state index in [-0.39, 0.29) is 159 Å². The number of hydrogen-bond donors (Lipinski definition) is 20. The Morgan fingerprint density at radius 1 is 0.357 bits per heavy atom. The summed E-state index contributed by atoms with van der Waals surface area (Å²) < 4.78 is 0. The predicted octanol–water partition coefficient (Wildman–Crippen LogP) is -1.67. The lowest BCUT2D eigenvalue weighted by Gasteiger charge is -2.31. The third-order valence-corrected chi connectivity index (χ3v) is 19.5. The molecule has 0 bridgehead atoms. The largest absolute Gasteiger partial charge is 0.368 e. The minimum absolute atomic E-state index is 0.0286. The Kier molecular flexibility index (Phi) is 50.3. The minimum Gasteiger partial charge on any atom is -0.368 e. The monoisotopic (exact) mass is 1590 g/mol. The first-order valence-corrected chi connectivity index (χ1v) is 41.1. The fraction of sp³-hybridized carbons (Fsp3) is 0.792. The first kappa shape index (κ1) is 100. The minimum atomic E-state index is -1.27. The van der Waals surface area contributed by atoms with E-state index in [4.69, 9.17) is 45.9 Å². The number of amides is 14. The van der Waals surface area contributed by atoms with Crippen LogP contribution in [0, 0.1) is 23.7 Å². The smallest absolute Gasteiger partial charge is 0.245 e. The van der Waals surface area contributed by atoms with Crippen molar-refractivity contribution in [3.63, 3.8) is 0 Å². The Labute approximate surface area is 663 Å². The van der Waals surface area contributed by atoms with Crippen molar-refractivity contribution in [2.45, 2.75) is 314 Å². The van der Waals surface area contributed by atoms with Gasteiger partial charge in [-0.25, -0.2) is 0 Å². The lowest BCUT2D eigenvalue weighted by Crippen LogP contribution is -2.60. The van der Waals surface area contributed by atoms with E-state index in [0.29, 0.717) is 90.0 Å². The number of primary amides is 1. The van der Waals surface area contributed by atoms with Gasteiger partial charge < -0.3 is 115 Å². The number of carbonyl (C=O) groups excluding carboxylic acids is 14. The number of rotatable bonds is 33. The van der Waals surface area contributed by atoms with Gasteiger partial charge in [-0.15, -0.1) is 0 Å². The molecule has 0 aromatic rings. The number of nitrogens with one attached hydrogen (secondary N) is 12. The van der Waals surface area contributed by atoms with Crippen LogP contribution in [0.3, 0.4) is 0 Å². The second-order valence-corrected chi connectivity index (χ2v) is 31.5. The highest BCUT2D eigenvalue weighted by molar-refractivity contribution is 6.00. The highest BCUT2D eigenvalue weighted by Gasteiger charge is 2.41. The molecule has 13 atom stereocenters. The number of allylic oxidation sites excluding steroid dienone is 2. The van der Waals surface area contributed by atoms with Gasteiger partial charge in [-0.3, -0.25) is 67.1 Å². The zero-order valence-corrected chi connectivity index (χ0v) is 68.2. The van der Waals surface area contributed by atoms with Crippen LogP contribution in [0.5, 0.6) is 0 Å². The molecule has 14 amide bonds. The van der Waals surface area contributed by atoms with Crippen molar-refractivity contribution in [2.24, 2.45) is 69.5 Å². The summed E-state index contributed by atoms with van der Waals surface area (Å²) in [6.45, 7) is 15.7. The molecule has 35 nitrogen and oxygen atoms in total. The summed E-state index contributed by atoms with van der Waals surface area (Å²) in [5.41, 5.74) is 47.5. The number of hydrogen-bond acceptors (Lipinski definition) is 21. The highest BCUT2D eigenvalue weighted by atomic mass is 16.2. The summed E-state index contributed by atoms with van der Waals surface area (Å²) in [5.74, 6) is -10.9. The fourth-order valence-corrected chi connectivity index (χ4v) is 13.3. The van der Waals surface area contributed by atoms with Gasteiger partial charge in [0.2, 0.25) is 82.7 Å². The molecule has 35 heteroatoms. The Bertz CT molecular complexity index is 2960. The van der Waals surface area contributed by atoms with Crippen LogP contribution in [-0.2, 0) is 67.1 Å². The number of carbonyl (C=O) groups is 14. The van der Waals surface area contributed by atoms with Crippen molar-refractivity contribution in [3.8, 4) is 0 Å². The number of nitrogens with two attached hydrogens (primary N) is 8. The van der Waals surface area contributed by atoms with Gasteiger partial charge in [0.05, 0.1) is 12.6 Å². The van der Waals surface area contributed by atoms with Crippen LogP contribution in [0.4, 0.5) is 0 Å². The molecule has 0 aromatic carbocycles. The van der Waals surface area contributed by atoms with Crippen LogP contribution >= 0.6 is 0 Å². The van der Waals surface area contributed by atoms with Gasteiger partial charge in [0.15, 0.2) is 0 Å². The molecule has 0 saturated carbocycles. The highest BCUT2D eigenvalue weighted by Crippen LogP contribution is 2.22. The zero-order valence-electron chi connectivity index (χ0n) is 68.2. The number of unbranched alkanes of at least 4 members (excludes halogenated alkanes) is 6. The molecule has 0 radical (unpaired) electrons. The van der Waals surface area contributed by atoms with E-state index >= 15 is 0 Å². The van der Waals surface area contributed by atoms with Crippen LogP contribution in [0.25, 0.3) is 0 Å². The molecule has 0 unspecified atom stereocenters. The zero-order chi connectivity index (χ0) is 83.8. The first-order valence-electron chi connectivity index (χ1n) is 41.1. The average molecular weight is 1590 g/mol. The molecule has 2 heterocycles. The van der Waals surface area contributed by atoms with Crippen molar-refractivity contribution >= 4 is 82.7 Å². The molecule has 0 aliphatic carbocycles. The topological polar surface area (TPSA) is 595 Å². The lowest BCUT2D eigenvalue weighted by molar-refractivity contribution is -0.142. The van der Waals surface area contributed by atoms with Crippen LogP contribution < -0.4 is 110 Å². The first-order chi connectivity index (χ1) is 53.2. The summed E-state index contributed by atoms with van der Waals surface area (Å²) in [7, 11) is 0. The van der Waals surface area contributed by atoms with Crippen molar-refractivity contribution in [3.05, 3.63) is 12.2 Å². The lowest BCUT2D eigenvalue weighted by atomic mass is 9.99. The Hall–Kier alpha value is -7.96. The third kappa shape index (κ3) is 39.7. The SMILES string of the molecule is CC(C)C[C@@H]1NC(=O)[C@H](CCCCN)NC(=O)CNC(=O)[C@H]2CCCN2C(=O)[C@H](CCCCN)NC(=O)[C@H](CC(C)C)NC(=O)[C@H](CCCCN)NC(=O)[C@H](CC(C)C)NC(=O)[C@H](CCCCN)NC(=O)[C@@H](N)CCC=CCC[C@@H](C(N)=O)NC(=O)[C@H](CCCCN)NC(=O)[C@H](CC(C)C)NC(=O)[C@H](CCCCN)NC1=O. The van der Waals surface area contributed by atoms with E-state index in [1.54, 1.807) is 12.2 Å². The molecule has 2 aliphatic heterocycles. The average Bonchev–Trinajstić information content (AvgIpc) is 1.65. The van der Waals surface area contributed by atoms with Crippen molar-refractivity contribution in [1.82, 2.24) is 68.7 Å². The van der Waals surface area contributed by atoms with Crippen LogP contribution in [0.1, 0.15) is 235 Å². The fourth-order valence-electron chi connectivity index (χ4n) is 13.3. The van der Waals surface area contributed by atoms with Crippen molar-refractivity contribution in [1.29, 1.82) is 0 Å². The van der Waals surface area contributed by atoms with E-state index in [1.807, 2.05) is 55.4 Å². The van der Waals surface area contributed by atoms with Crippen LogP contribution in [-0.4, -0.2) is 219 Å². The summed E-state index contributed by atoms with van der Waals surface area (Å²) in [6, 6.07) is -15.8. The maximum absolute atomic E-state index is 14.8. The van der Waals surface area contributed by atoms with Crippen LogP contribution in [0.2, 0.25) is 0 Å². The Morgan fingerprint density at radius 2 is 0.634 bits per heavy atom. The maximum Gasteiger partial charge on any atom is 0.245 e. The van der Waals surface area contributed by atoms with E-state index in [2.05, 4.69) is 63.8 Å². The Morgan fingerprint density at radius 3 is 0.955 bits per heavy atom. The summed E-state index contributed by atoms with van der Waals surface area (Å²) in [4.78, 5) is 202. The standard InChI is InChI=1S/C77H143N21O14/c1-47(2)42-59-72(107)91-56(31-16-22-38-81)70(105)96-61(44-49(5)6)73(108)90-55(30-15-21-37-80)68(103)88-52(65(85)100)27-12-10-9-11-26-51(84)66(101)89-54(29-14-20-36-79)69(104)95-60(43-48(3)4)74(109)92-57(32-17-23-39-82)71(106)97-62(45-50(7)8)75(110)93-58(33-18-24-40-83)77(112)98-41-25-34-63(98)76(111)86-46-64(99)87-53(67(102)94-59)28-13-19-35-78/h9-10,47-63H,11-46,78-84H2,1-8H3,(H2,85,100)(H,86,111)(H,87,99)(H,88,103)(H,89,101)(H,90,108)(H,91,107)(H,92,109)(H,93,110)(H,94,102)(H,95,104)(H,96,105)(H,97,106)/t51-,52-,53-,54-,55-,56-,57-,58-,59-,60-,61-,62-,63+/m0/s1. The second-order valence-electron chi connectivity index (χ2n) is 31.5. The molecular formula is C77H143N21O14. The molecule has 1 saturated heterocycles. The second kappa shape index (κ2) is 56.3. The van der Waals surface area contributed by atoms with Gasteiger partial charge in [0.25, 0.3) is 0 Å². The van der Waals surface area contributed by atoms with E-state index < -0.39 is 168 Å². The van der Waals surface area contributed by atoms with Gasteiger partial charge in [0.1, 0.15) is 72.5 Å². The summed E-state index contributed by atoms with van der Waals surface area (Å²) >= 11 is 0. The molecule has 640 valence electrons. The Balaban J connectivity index is 2.83. The van der Waals surface area contributed by atoms with E-state index in [0.717, 1.165) is 0 Å². The van der Waals surface area contributed by atoms with Crippen molar-refractivity contribution < 1.29 is 67.1 Å². The third-order valence-electron chi connectivity index (χ3n) is 19.5. The van der Waals surface area contributed by atoms with Crippen molar-refractivity contribution in [2.75, 3.05) is 52.4 Å². The van der Waals surface area contributed by atoms with E-state index in [9.17, 15) is 67.1 Å². The number of nitrogens with zero attached hydrogens (tertiary/aromatic N) is 1. The van der Waals surface area contributed by atoms with Crippen LogP contribution in [0.15, 0.2) is 12.2 Å². The molecule has 112 heavy (non-hydrogen) atoms. The summed E-state index contributed by atoms with van der Waals surface area (Å²) in [6.07, 6.45) is 10.6. The molecular weight excluding hydrogens is 1440 g/mol. The van der Waals surface area contributed by atoms with Gasteiger partial charge >= 0.3 is 0 Å². The molecule has 1 fully saturated rings. The molecule has 2 aliphatic rings. The quantitative estimate of drug-likeness (QED) is 0.0258. The van der Waals surface area contributed by atoms with Gasteiger partial charge in [-0.05, 0) is 243 Å². The van der Waals surface area contributed by atoms with Gasteiger partial charge in [-0.1, -0.05) is 67.5 Å². The normalized spacial score (nSPS) is 25.5. The molecule has 28 N–H and O–H groups in total. The molecule has 2 rings (SSSR count). The number of fused-ring (bicyclic) bond motifs is 1. The summed E-state index contributed by atoms with van der Waals surface area (Å²) in [5, 5.41) is 33.3. The van der Waals surface area contributed by atoms with Gasteiger partial charge in [-0.2, -0.15) is 0 Å². The maximum atomic E-state index is 14.8. The molecule has 0 aromatic heterocycles. The van der Waals surface area contributed by atoms with E-state index in [1.165, 1.54) is 4.90 Å². The predicted molar refractivity (Wildman–Crippen MR) is 429 cm³/mol. The molecule has 0 spiro atoms. The van der Waals surface area contributed by atoms with Gasteiger partial charge in [0, 0.05) is 6.54 Å².